The first kappa shape index (κ1) is 16.0. The summed E-state index contributed by atoms with van der Waals surface area (Å²) in [6, 6.07) is 0. The molecule has 2 N–H and O–H groups in total. The highest BCUT2D eigenvalue weighted by Gasteiger charge is 2.31. The summed E-state index contributed by atoms with van der Waals surface area (Å²) in [7, 11) is 0. The SMILES string of the molecule is CC(C)CC(CNC(=O)C1OCCC1C)CC(=O)O. The number of carbonyl (C=O) groups is 2. The van der Waals surface area contributed by atoms with Gasteiger partial charge < -0.3 is 15.2 Å². The lowest BCUT2D eigenvalue weighted by atomic mass is 9.94. The Balaban J connectivity index is 2.41. The molecule has 3 unspecified atom stereocenters. The number of carboxylic acid groups (broad SMARTS) is 1. The second-order valence-corrected chi connectivity index (χ2v) is 5.90. The van der Waals surface area contributed by atoms with Crippen LogP contribution in [0.4, 0.5) is 0 Å². The maximum Gasteiger partial charge on any atom is 0.303 e. The molecule has 5 nitrogen and oxygen atoms in total. The van der Waals surface area contributed by atoms with Crippen LogP contribution in [0.2, 0.25) is 0 Å². The van der Waals surface area contributed by atoms with Crippen LogP contribution in [0.3, 0.4) is 0 Å². The first-order chi connectivity index (χ1) is 8.90. The molecule has 3 atom stereocenters. The lowest BCUT2D eigenvalue weighted by molar-refractivity contribution is -0.139. The molecule has 110 valence electrons. The Morgan fingerprint density at radius 3 is 2.58 bits per heavy atom. The molecule has 5 heteroatoms. The molecule has 1 fully saturated rings. The predicted molar refractivity (Wildman–Crippen MR) is 71.7 cm³/mol. The zero-order valence-electron chi connectivity index (χ0n) is 12.0. The summed E-state index contributed by atoms with van der Waals surface area (Å²) < 4.78 is 5.39. The van der Waals surface area contributed by atoms with E-state index in [0.717, 1.165) is 12.8 Å². The molecule has 19 heavy (non-hydrogen) atoms. The van der Waals surface area contributed by atoms with Gasteiger partial charge in [0.25, 0.3) is 0 Å². The molecule has 1 aliphatic heterocycles. The van der Waals surface area contributed by atoms with E-state index < -0.39 is 5.97 Å². The van der Waals surface area contributed by atoms with Crippen molar-refractivity contribution in [1.82, 2.24) is 5.32 Å². The quantitative estimate of drug-likeness (QED) is 0.738. The molecule has 0 saturated carbocycles. The number of nitrogens with one attached hydrogen (secondary N) is 1. The zero-order chi connectivity index (χ0) is 14.4. The van der Waals surface area contributed by atoms with E-state index in [1.807, 2.05) is 6.92 Å². The van der Waals surface area contributed by atoms with E-state index in [2.05, 4.69) is 19.2 Å². The Morgan fingerprint density at radius 1 is 1.42 bits per heavy atom. The molecule has 1 rings (SSSR count). The Labute approximate surface area is 114 Å². The van der Waals surface area contributed by atoms with Crippen molar-refractivity contribution in [2.24, 2.45) is 17.8 Å². The molecule has 1 heterocycles. The van der Waals surface area contributed by atoms with Crippen LogP contribution in [0, 0.1) is 17.8 Å². The molecule has 0 spiro atoms. The number of carboxylic acids is 1. The fraction of sp³-hybridized carbons (Fsp3) is 0.857. The third-order valence-electron chi connectivity index (χ3n) is 3.48. The lowest BCUT2D eigenvalue weighted by Crippen LogP contribution is -2.40. The minimum absolute atomic E-state index is 0.0156. The fourth-order valence-corrected chi connectivity index (χ4v) is 2.53. The van der Waals surface area contributed by atoms with Crippen molar-refractivity contribution >= 4 is 11.9 Å². The van der Waals surface area contributed by atoms with Crippen LogP contribution in [-0.2, 0) is 14.3 Å². The van der Waals surface area contributed by atoms with E-state index in [-0.39, 0.29) is 30.3 Å². The third-order valence-corrected chi connectivity index (χ3v) is 3.48. The maximum atomic E-state index is 11.9. The van der Waals surface area contributed by atoms with Gasteiger partial charge in [-0.3, -0.25) is 9.59 Å². The summed E-state index contributed by atoms with van der Waals surface area (Å²) >= 11 is 0. The molecule has 0 aromatic rings. The summed E-state index contributed by atoms with van der Waals surface area (Å²) in [5, 5.41) is 11.7. The van der Waals surface area contributed by atoms with Gasteiger partial charge >= 0.3 is 5.97 Å². The second-order valence-electron chi connectivity index (χ2n) is 5.90. The van der Waals surface area contributed by atoms with Crippen LogP contribution in [0.15, 0.2) is 0 Å². The summed E-state index contributed by atoms with van der Waals surface area (Å²) in [5.41, 5.74) is 0. The number of rotatable bonds is 7. The van der Waals surface area contributed by atoms with Gasteiger partial charge in [0.05, 0.1) is 0 Å². The number of ether oxygens (including phenoxy) is 1. The number of carbonyl (C=O) groups excluding carboxylic acids is 1. The van der Waals surface area contributed by atoms with Gasteiger partial charge in [-0.25, -0.2) is 0 Å². The van der Waals surface area contributed by atoms with Gasteiger partial charge in [-0.15, -0.1) is 0 Å². The van der Waals surface area contributed by atoms with Gasteiger partial charge in [0.15, 0.2) is 0 Å². The van der Waals surface area contributed by atoms with Crippen molar-refractivity contribution in [3.63, 3.8) is 0 Å². The standard InChI is InChI=1S/C14H25NO4/c1-9(2)6-11(7-12(16)17)8-15-14(18)13-10(3)4-5-19-13/h9-11,13H,4-8H2,1-3H3,(H,15,18)(H,16,17). The first-order valence-corrected chi connectivity index (χ1v) is 7.01. The Hall–Kier alpha value is -1.10. The normalized spacial score (nSPS) is 24.4. The summed E-state index contributed by atoms with van der Waals surface area (Å²) in [4.78, 5) is 22.8. The monoisotopic (exact) mass is 271 g/mol. The van der Waals surface area contributed by atoms with E-state index in [1.54, 1.807) is 0 Å². The molecular formula is C14H25NO4. The van der Waals surface area contributed by atoms with Crippen molar-refractivity contribution in [1.29, 1.82) is 0 Å². The van der Waals surface area contributed by atoms with E-state index in [4.69, 9.17) is 9.84 Å². The van der Waals surface area contributed by atoms with Gasteiger partial charge in [0.2, 0.25) is 5.91 Å². The number of hydrogen-bond acceptors (Lipinski definition) is 3. The minimum Gasteiger partial charge on any atom is -0.481 e. The molecule has 1 saturated heterocycles. The van der Waals surface area contributed by atoms with Crippen molar-refractivity contribution < 1.29 is 19.4 Å². The van der Waals surface area contributed by atoms with Crippen molar-refractivity contribution in [3.8, 4) is 0 Å². The van der Waals surface area contributed by atoms with Crippen molar-refractivity contribution in [2.75, 3.05) is 13.2 Å². The van der Waals surface area contributed by atoms with Crippen LogP contribution in [0.1, 0.15) is 40.0 Å². The molecule has 0 radical (unpaired) electrons. The van der Waals surface area contributed by atoms with Gasteiger partial charge in [-0.2, -0.15) is 0 Å². The average Bonchev–Trinajstić information content (AvgIpc) is 2.70. The largest absolute Gasteiger partial charge is 0.481 e. The number of hydrogen-bond donors (Lipinski definition) is 2. The summed E-state index contributed by atoms with van der Waals surface area (Å²) in [6.07, 6.45) is 1.43. The highest BCUT2D eigenvalue weighted by molar-refractivity contribution is 5.81. The van der Waals surface area contributed by atoms with E-state index in [9.17, 15) is 9.59 Å². The topological polar surface area (TPSA) is 75.6 Å². The van der Waals surface area contributed by atoms with Crippen LogP contribution >= 0.6 is 0 Å². The highest BCUT2D eigenvalue weighted by atomic mass is 16.5. The van der Waals surface area contributed by atoms with Gasteiger partial charge in [-0.05, 0) is 30.6 Å². The van der Waals surface area contributed by atoms with Gasteiger partial charge in [-0.1, -0.05) is 20.8 Å². The van der Waals surface area contributed by atoms with E-state index >= 15 is 0 Å². The molecule has 0 aliphatic carbocycles. The number of amides is 1. The van der Waals surface area contributed by atoms with Gasteiger partial charge in [0, 0.05) is 19.6 Å². The third kappa shape index (κ3) is 5.59. The zero-order valence-corrected chi connectivity index (χ0v) is 12.0. The maximum absolute atomic E-state index is 11.9. The minimum atomic E-state index is -0.814. The van der Waals surface area contributed by atoms with E-state index in [1.165, 1.54) is 0 Å². The molecule has 1 amide bonds. The molecule has 1 aliphatic rings. The number of aliphatic carboxylic acids is 1. The lowest BCUT2D eigenvalue weighted by Gasteiger charge is -2.20. The van der Waals surface area contributed by atoms with Crippen LogP contribution < -0.4 is 5.32 Å². The van der Waals surface area contributed by atoms with Gasteiger partial charge in [0.1, 0.15) is 6.10 Å². The Kier molecular flexibility index (Phi) is 6.28. The first-order valence-electron chi connectivity index (χ1n) is 7.01. The van der Waals surface area contributed by atoms with Crippen LogP contribution in [0.25, 0.3) is 0 Å². The van der Waals surface area contributed by atoms with Crippen molar-refractivity contribution in [3.05, 3.63) is 0 Å². The molecular weight excluding hydrogens is 246 g/mol. The van der Waals surface area contributed by atoms with Crippen LogP contribution in [-0.4, -0.2) is 36.2 Å². The summed E-state index contributed by atoms with van der Waals surface area (Å²) in [5.74, 6) is -0.279. The summed E-state index contributed by atoms with van der Waals surface area (Å²) in [6.45, 7) is 7.15. The average molecular weight is 271 g/mol. The van der Waals surface area contributed by atoms with Crippen molar-refractivity contribution in [2.45, 2.75) is 46.1 Å². The second kappa shape index (κ2) is 7.48. The fourth-order valence-electron chi connectivity index (χ4n) is 2.53. The Morgan fingerprint density at radius 2 is 2.11 bits per heavy atom. The van der Waals surface area contributed by atoms with E-state index in [0.29, 0.717) is 19.1 Å². The smallest absolute Gasteiger partial charge is 0.303 e. The predicted octanol–water partition coefficient (Wildman–Crippen LogP) is 1.66. The van der Waals surface area contributed by atoms with Crippen LogP contribution in [0.5, 0.6) is 0 Å². The Bertz CT molecular complexity index is 317. The highest BCUT2D eigenvalue weighted by Crippen LogP contribution is 2.20. The molecule has 0 aromatic carbocycles. The molecule has 0 aromatic heterocycles. The molecule has 0 bridgehead atoms.